The summed E-state index contributed by atoms with van der Waals surface area (Å²) < 4.78 is 5.63. The predicted octanol–water partition coefficient (Wildman–Crippen LogP) is 5.21. The van der Waals surface area contributed by atoms with Crippen LogP contribution >= 0.6 is 0 Å². The molecule has 2 aliphatic carbocycles. The average Bonchev–Trinajstić information content (AvgIpc) is 3.14. The first-order chi connectivity index (χ1) is 17.9. The molecule has 2 N–H and O–H groups in total. The van der Waals surface area contributed by atoms with E-state index >= 15 is 0 Å². The van der Waals surface area contributed by atoms with Gasteiger partial charge in [0, 0.05) is 18.6 Å². The highest BCUT2D eigenvalue weighted by molar-refractivity contribution is 6.23. The molecule has 2 fully saturated rings. The van der Waals surface area contributed by atoms with Crippen molar-refractivity contribution in [2.45, 2.75) is 90.1 Å². The van der Waals surface area contributed by atoms with E-state index in [0.717, 1.165) is 51.4 Å². The lowest BCUT2D eigenvalue weighted by Gasteiger charge is -2.26. The molecule has 0 spiro atoms. The topological polar surface area (TPSA) is 112 Å². The van der Waals surface area contributed by atoms with Crippen molar-refractivity contribution in [2.24, 2.45) is 16.1 Å². The summed E-state index contributed by atoms with van der Waals surface area (Å²) in [6.45, 7) is 4.24. The van der Waals surface area contributed by atoms with E-state index in [9.17, 15) is 14.4 Å². The Bertz CT molecular complexity index is 1070. The van der Waals surface area contributed by atoms with Crippen molar-refractivity contribution in [1.82, 2.24) is 15.5 Å². The number of methoxy groups -OCH3 is 1. The van der Waals surface area contributed by atoms with Gasteiger partial charge >= 0.3 is 0 Å². The monoisotopic (exact) mass is 509 g/mol. The number of azo groups is 1. The molecule has 9 heteroatoms. The zero-order chi connectivity index (χ0) is 26.4. The van der Waals surface area contributed by atoms with Crippen molar-refractivity contribution in [3.05, 3.63) is 40.9 Å². The van der Waals surface area contributed by atoms with Gasteiger partial charge in [-0.1, -0.05) is 58.4 Å². The van der Waals surface area contributed by atoms with Crippen LogP contribution in [0.25, 0.3) is 0 Å². The van der Waals surface area contributed by atoms with Gasteiger partial charge in [0.2, 0.25) is 11.6 Å². The van der Waals surface area contributed by atoms with Gasteiger partial charge in [0.1, 0.15) is 0 Å². The number of nitrogens with zero attached hydrogens (tertiary/aromatic N) is 3. The lowest BCUT2D eigenvalue weighted by Crippen LogP contribution is -2.39. The second-order valence-corrected chi connectivity index (χ2v) is 10.7. The van der Waals surface area contributed by atoms with Crippen molar-refractivity contribution in [1.29, 1.82) is 0 Å². The van der Waals surface area contributed by atoms with E-state index in [4.69, 9.17) is 4.74 Å². The van der Waals surface area contributed by atoms with Gasteiger partial charge in [-0.3, -0.25) is 19.3 Å². The van der Waals surface area contributed by atoms with Crippen molar-refractivity contribution in [2.75, 3.05) is 13.7 Å². The van der Waals surface area contributed by atoms with E-state index in [1.807, 2.05) is 13.8 Å². The molecule has 200 valence electrons. The zero-order valence-electron chi connectivity index (χ0n) is 22.2. The van der Waals surface area contributed by atoms with E-state index in [-0.39, 0.29) is 58.6 Å². The second kappa shape index (κ2) is 12.3. The van der Waals surface area contributed by atoms with Gasteiger partial charge in [-0.15, -0.1) is 10.2 Å². The molecule has 0 aromatic heterocycles. The molecule has 4 rings (SSSR count). The highest BCUT2D eigenvalue weighted by Crippen LogP contribution is 2.32. The standard InChI is InChI=1S/C28H39N5O4/c1-18(2)17-33-27(35)21-15-10-16-22(23(21)28(33)36)31-32-24(25(34)29-19-11-6-4-7-12-19)26(37-3)30-20-13-8-5-9-14-20/h10,15-16,18-20,30H,4-9,11-14,17H2,1-3H3,(H,29,34)/b26-24-,32-31?. The maximum absolute atomic E-state index is 13.4. The molecule has 1 aromatic rings. The van der Waals surface area contributed by atoms with Crippen molar-refractivity contribution in [3.63, 3.8) is 0 Å². The first-order valence-corrected chi connectivity index (χ1v) is 13.7. The minimum atomic E-state index is -0.382. The minimum Gasteiger partial charge on any atom is -0.481 e. The van der Waals surface area contributed by atoms with Crippen LogP contribution in [0.1, 0.15) is 98.8 Å². The van der Waals surface area contributed by atoms with Gasteiger partial charge in [-0.25, -0.2) is 0 Å². The molecular formula is C28H39N5O4. The van der Waals surface area contributed by atoms with Crippen LogP contribution in [0.5, 0.6) is 0 Å². The van der Waals surface area contributed by atoms with Crippen molar-refractivity contribution in [3.8, 4) is 0 Å². The molecule has 37 heavy (non-hydrogen) atoms. The molecule has 0 atom stereocenters. The van der Waals surface area contributed by atoms with Crippen LogP contribution in [0.3, 0.4) is 0 Å². The molecule has 1 aromatic carbocycles. The van der Waals surface area contributed by atoms with Crippen molar-refractivity contribution >= 4 is 23.4 Å². The van der Waals surface area contributed by atoms with E-state index in [1.165, 1.54) is 24.9 Å². The molecule has 0 unspecified atom stereocenters. The Morgan fingerprint density at radius 3 is 2.19 bits per heavy atom. The summed E-state index contributed by atoms with van der Waals surface area (Å²) in [5, 5.41) is 15.2. The summed E-state index contributed by atoms with van der Waals surface area (Å²) in [6, 6.07) is 5.24. The zero-order valence-corrected chi connectivity index (χ0v) is 22.2. The van der Waals surface area contributed by atoms with Crippen LogP contribution in [0.15, 0.2) is 40.0 Å². The Morgan fingerprint density at radius 1 is 0.973 bits per heavy atom. The lowest BCUT2D eigenvalue weighted by atomic mass is 9.95. The maximum atomic E-state index is 13.4. The second-order valence-electron chi connectivity index (χ2n) is 10.7. The van der Waals surface area contributed by atoms with Gasteiger partial charge in [0.25, 0.3) is 17.7 Å². The lowest BCUT2D eigenvalue weighted by molar-refractivity contribution is -0.118. The maximum Gasteiger partial charge on any atom is 0.277 e. The van der Waals surface area contributed by atoms with E-state index in [0.29, 0.717) is 12.1 Å². The molecule has 9 nitrogen and oxygen atoms in total. The molecule has 0 radical (unpaired) electrons. The van der Waals surface area contributed by atoms with Gasteiger partial charge in [-0.2, -0.15) is 0 Å². The summed E-state index contributed by atoms with van der Waals surface area (Å²) in [6.07, 6.45) is 10.7. The largest absolute Gasteiger partial charge is 0.481 e. The number of rotatable bonds is 9. The molecule has 2 saturated carbocycles. The van der Waals surface area contributed by atoms with Crippen LogP contribution in [0.4, 0.5) is 5.69 Å². The minimum absolute atomic E-state index is 0.0482. The van der Waals surface area contributed by atoms with Crippen LogP contribution in [0.2, 0.25) is 0 Å². The summed E-state index contributed by atoms with van der Waals surface area (Å²) in [4.78, 5) is 40.7. The molecule has 3 aliphatic rings. The molecule has 0 saturated heterocycles. The van der Waals surface area contributed by atoms with Crippen LogP contribution < -0.4 is 10.6 Å². The summed E-state index contributed by atoms with van der Waals surface area (Å²) in [7, 11) is 1.51. The fourth-order valence-corrected chi connectivity index (χ4v) is 5.38. The van der Waals surface area contributed by atoms with Gasteiger partial charge in [0.15, 0.2) is 0 Å². The quantitative estimate of drug-likeness (QED) is 0.205. The Labute approximate surface area is 219 Å². The molecule has 1 heterocycles. The first-order valence-electron chi connectivity index (χ1n) is 13.7. The smallest absolute Gasteiger partial charge is 0.277 e. The average molecular weight is 510 g/mol. The van der Waals surface area contributed by atoms with Crippen molar-refractivity contribution < 1.29 is 19.1 Å². The fraction of sp³-hybridized carbons (Fsp3) is 0.607. The summed E-state index contributed by atoms with van der Waals surface area (Å²) in [5.74, 6) is -0.645. The van der Waals surface area contributed by atoms with Gasteiger partial charge in [0.05, 0.1) is 23.9 Å². The number of hydrogen-bond donors (Lipinski definition) is 2. The molecule has 1 aliphatic heterocycles. The van der Waals surface area contributed by atoms with Gasteiger partial charge < -0.3 is 15.4 Å². The highest BCUT2D eigenvalue weighted by Gasteiger charge is 2.38. The number of nitrogens with one attached hydrogen (secondary N) is 2. The first kappa shape index (κ1) is 26.8. The predicted molar refractivity (Wildman–Crippen MR) is 140 cm³/mol. The number of benzene rings is 1. The van der Waals surface area contributed by atoms with E-state index in [2.05, 4.69) is 20.9 Å². The molecular weight excluding hydrogens is 470 g/mol. The normalized spacial score (nSPS) is 19.8. The van der Waals surface area contributed by atoms with E-state index < -0.39 is 0 Å². The van der Waals surface area contributed by atoms with Crippen LogP contribution in [-0.4, -0.2) is 48.4 Å². The molecule has 3 amide bonds. The third kappa shape index (κ3) is 6.37. The number of imide groups is 1. The Balaban J connectivity index is 1.65. The molecule has 0 bridgehead atoms. The number of amides is 3. The Hall–Kier alpha value is -3.23. The van der Waals surface area contributed by atoms with E-state index in [1.54, 1.807) is 18.2 Å². The third-order valence-corrected chi connectivity index (χ3v) is 7.30. The van der Waals surface area contributed by atoms with Crippen LogP contribution in [0, 0.1) is 5.92 Å². The third-order valence-electron chi connectivity index (χ3n) is 7.30. The number of carbonyl (C=O) groups is 3. The Morgan fingerprint density at radius 2 is 1.59 bits per heavy atom. The number of hydrogen-bond acceptors (Lipinski definition) is 7. The number of fused-ring (bicyclic) bond motifs is 1. The summed E-state index contributed by atoms with van der Waals surface area (Å²) in [5.41, 5.74) is 0.847. The number of ether oxygens (including phenoxy) is 1. The summed E-state index contributed by atoms with van der Waals surface area (Å²) >= 11 is 0. The fourth-order valence-electron chi connectivity index (χ4n) is 5.38. The van der Waals surface area contributed by atoms with Crippen LogP contribution in [-0.2, 0) is 9.53 Å². The SMILES string of the molecule is CO/C(NC1CCCCC1)=C(\N=Nc1cccc2c1C(=O)N(CC(C)C)C2=O)C(=O)NC1CCCCC1. The van der Waals surface area contributed by atoms with Gasteiger partial charge in [-0.05, 0) is 43.7 Å². The Kier molecular flexibility index (Phi) is 8.95. The highest BCUT2D eigenvalue weighted by atomic mass is 16.5. The number of carbonyl (C=O) groups excluding carboxylic acids is 3.